The minimum atomic E-state index is -0.367. The minimum absolute atomic E-state index is 0.130. The second-order valence-electron chi connectivity index (χ2n) is 5.58. The van der Waals surface area contributed by atoms with Crippen molar-refractivity contribution in [2.45, 2.75) is 13.0 Å². The van der Waals surface area contributed by atoms with Crippen molar-refractivity contribution in [3.63, 3.8) is 0 Å². The number of aromatic nitrogens is 1. The summed E-state index contributed by atoms with van der Waals surface area (Å²) in [5.74, 6) is -0.364. The van der Waals surface area contributed by atoms with E-state index in [1.54, 1.807) is 19.1 Å². The third-order valence-electron chi connectivity index (χ3n) is 3.35. The third-order valence-corrected chi connectivity index (χ3v) is 3.35. The number of likely N-dealkylation sites (N-methyl/N-ethyl adjacent to an activating group) is 1. The van der Waals surface area contributed by atoms with Gasteiger partial charge in [0.05, 0.1) is 6.04 Å². The Labute approximate surface area is 130 Å². The molecule has 0 radical (unpaired) electrons. The fourth-order valence-electron chi connectivity index (χ4n) is 2.27. The van der Waals surface area contributed by atoms with Crippen molar-refractivity contribution in [3.8, 4) is 0 Å². The van der Waals surface area contributed by atoms with E-state index in [-0.39, 0.29) is 23.1 Å². The number of rotatable bonds is 5. The fourth-order valence-corrected chi connectivity index (χ4v) is 2.27. The van der Waals surface area contributed by atoms with E-state index in [0.29, 0.717) is 6.54 Å². The number of hydrogen-bond donors (Lipinski definition) is 2. The minimum Gasteiger partial charge on any atom is -0.344 e. The normalized spacial score (nSPS) is 12.2. The zero-order valence-corrected chi connectivity index (χ0v) is 13.1. The van der Waals surface area contributed by atoms with E-state index in [2.05, 4.69) is 10.3 Å². The number of pyridine rings is 1. The molecule has 0 aliphatic carbocycles. The van der Waals surface area contributed by atoms with E-state index in [9.17, 15) is 9.59 Å². The summed E-state index contributed by atoms with van der Waals surface area (Å²) in [5.41, 5.74) is 1.50. The van der Waals surface area contributed by atoms with Gasteiger partial charge in [0.2, 0.25) is 0 Å². The molecule has 1 unspecified atom stereocenters. The van der Waals surface area contributed by atoms with E-state index < -0.39 is 0 Å². The largest absolute Gasteiger partial charge is 0.344 e. The topological polar surface area (TPSA) is 65.2 Å². The van der Waals surface area contributed by atoms with Crippen LogP contribution in [0.3, 0.4) is 0 Å². The lowest BCUT2D eigenvalue weighted by Gasteiger charge is -2.22. The van der Waals surface area contributed by atoms with Crippen molar-refractivity contribution >= 4 is 5.91 Å². The van der Waals surface area contributed by atoms with Crippen LogP contribution in [-0.2, 0) is 0 Å². The molecule has 0 bridgehead atoms. The summed E-state index contributed by atoms with van der Waals surface area (Å²) in [4.78, 5) is 28.9. The van der Waals surface area contributed by atoms with Crippen LogP contribution in [0.5, 0.6) is 0 Å². The molecule has 1 heterocycles. The van der Waals surface area contributed by atoms with Crippen molar-refractivity contribution < 1.29 is 4.79 Å². The predicted molar refractivity (Wildman–Crippen MR) is 87.0 cm³/mol. The highest BCUT2D eigenvalue weighted by Gasteiger charge is 2.18. The number of amides is 1. The van der Waals surface area contributed by atoms with Gasteiger partial charge >= 0.3 is 0 Å². The van der Waals surface area contributed by atoms with E-state index >= 15 is 0 Å². The summed E-state index contributed by atoms with van der Waals surface area (Å²) in [6.45, 7) is 2.43. The summed E-state index contributed by atoms with van der Waals surface area (Å²) in [6, 6.07) is 12.8. The molecule has 1 amide bonds. The summed E-state index contributed by atoms with van der Waals surface area (Å²) < 4.78 is 0. The van der Waals surface area contributed by atoms with Crippen molar-refractivity contribution in [2.24, 2.45) is 0 Å². The Hall–Kier alpha value is -2.40. The first-order valence-corrected chi connectivity index (χ1v) is 7.18. The highest BCUT2D eigenvalue weighted by atomic mass is 16.2. The number of aryl methyl sites for hydroxylation is 1. The van der Waals surface area contributed by atoms with E-state index in [1.165, 1.54) is 0 Å². The van der Waals surface area contributed by atoms with Crippen LogP contribution in [0.4, 0.5) is 0 Å². The Morgan fingerprint density at radius 3 is 2.45 bits per heavy atom. The van der Waals surface area contributed by atoms with Crippen LogP contribution in [0.2, 0.25) is 0 Å². The van der Waals surface area contributed by atoms with Gasteiger partial charge in [0.25, 0.3) is 11.5 Å². The first kappa shape index (κ1) is 16.0. The maximum absolute atomic E-state index is 12.4. The predicted octanol–water partition coefficient (Wildman–Crippen LogP) is 1.72. The van der Waals surface area contributed by atoms with Crippen LogP contribution >= 0.6 is 0 Å². The SMILES string of the molecule is Cc1ccc(C(=O)NC(CN(C)C)c2ccccc2)c(=O)[nH]1. The quantitative estimate of drug-likeness (QED) is 0.883. The number of nitrogens with zero attached hydrogens (tertiary/aromatic N) is 1. The molecule has 5 nitrogen and oxygen atoms in total. The van der Waals surface area contributed by atoms with Crippen molar-refractivity contribution in [1.29, 1.82) is 0 Å². The molecule has 22 heavy (non-hydrogen) atoms. The maximum atomic E-state index is 12.4. The van der Waals surface area contributed by atoms with Crippen molar-refractivity contribution in [1.82, 2.24) is 15.2 Å². The molecule has 2 rings (SSSR count). The molecule has 0 saturated heterocycles. The average molecular weight is 299 g/mol. The Morgan fingerprint density at radius 1 is 1.18 bits per heavy atom. The molecule has 0 saturated carbocycles. The lowest BCUT2D eigenvalue weighted by molar-refractivity contribution is 0.0928. The van der Waals surface area contributed by atoms with Crippen LogP contribution in [0.1, 0.15) is 27.7 Å². The van der Waals surface area contributed by atoms with E-state index in [1.807, 2.05) is 49.3 Å². The Balaban J connectivity index is 2.23. The van der Waals surface area contributed by atoms with Gasteiger partial charge < -0.3 is 15.2 Å². The van der Waals surface area contributed by atoms with Gasteiger partial charge in [-0.2, -0.15) is 0 Å². The second kappa shape index (κ2) is 7.04. The molecule has 116 valence electrons. The summed E-state index contributed by atoms with van der Waals surface area (Å²) in [5, 5.41) is 2.94. The molecular formula is C17H21N3O2. The van der Waals surface area contributed by atoms with Crippen LogP contribution in [0, 0.1) is 6.92 Å². The molecule has 2 N–H and O–H groups in total. The molecule has 0 fully saturated rings. The average Bonchev–Trinajstić information content (AvgIpc) is 2.46. The molecule has 5 heteroatoms. The van der Waals surface area contributed by atoms with Gasteiger partial charge in [0.1, 0.15) is 5.56 Å². The number of benzene rings is 1. The van der Waals surface area contributed by atoms with E-state index in [4.69, 9.17) is 0 Å². The zero-order chi connectivity index (χ0) is 16.1. The van der Waals surface area contributed by atoms with Crippen LogP contribution in [0.25, 0.3) is 0 Å². The van der Waals surface area contributed by atoms with Crippen LogP contribution in [0.15, 0.2) is 47.3 Å². The molecule has 0 spiro atoms. The van der Waals surface area contributed by atoms with Crippen molar-refractivity contribution in [3.05, 3.63) is 69.6 Å². The molecule has 0 aliphatic rings. The lowest BCUT2D eigenvalue weighted by Crippen LogP contribution is -2.37. The number of nitrogens with one attached hydrogen (secondary N) is 2. The number of hydrogen-bond acceptors (Lipinski definition) is 3. The van der Waals surface area contributed by atoms with Gasteiger partial charge in [-0.05, 0) is 38.7 Å². The smallest absolute Gasteiger partial charge is 0.260 e. The Bertz CT molecular complexity index is 693. The molecule has 2 aromatic rings. The fraction of sp³-hybridized carbons (Fsp3) is 0.294. The van der Waals surface area contributed by atoms with Crippen LogP contribution in [-0.4, -0.2) is 36.4 Å². The third kappa shape index (κ3) is 4.05. The highest BCUT2D eigenvalue weighted by molar-refractivity contribution is 5.94. The number of H-pyrrole nitrogens is 1. The first-order valence-electron chi connectivity index (χ1n) is 7.18. The molecular weight excluding hydrogens is 278 g/mol. The number of carbonyl (C=O) groups excluding carboxylic acids is 1. The van der Waals surface area contributed by atoms with Crippen LogP contribution < -0.4 is 10.9 Å². The monoisotopic (exact) mass is 299 g/mol. The number of aromatic amines is 1. The standard InChI is InChI=1S/C17H21N3O2/c1-12-9-10-14(16(21)18-12)17(22)19-15(11-20(2)3)13-7-5-4-6-8-13/h4-10,15H,11H2,1-3H3,(H,18,21)(H,19,22). The van der Waals surface area contributed by atoms with Gasteiger partial charge in [0, 0.05) is 12.2 Å². The Morgan fingerprint density at radius 2 is 1.86 bits per heavy atom. The van der Waals surface area contributed by atoms with Gasteiger partial charge in [-0.25, -0.2) is 0 Å². The molecule has 0 aliphatic heterocycles. The summed E-state index contributed by atoms with van der Waals surface area (Å²) in [6.07, 6.45) is 0. The molecule has 1 aromatic carbocycles. The second-order valence-corrected chi connectivity index (χ2v) is 5.58. The lowest BCUT2D eigenvalue weighted by atomic mass is 10.1. The molecule has 1 aromatic heterocycles. The maximum Gasteiger partial charge on any atom is 0.260 e. The zero-order valence-electron chi connectivity index (χ0n) is 13.1. The van der Waals surface area contributed by atoms with Gasteiger partial charge in [-0.15, -0.1) is 0 Å². The summed E-state index contributed by atoms with van der Waals surface area (Å²) >= 11 is 0. The number of carbonyl (C=O) groups is 1. The molecule has 1 atom stereocenters. The first-order chi connectivity index (χ1) is 10.5. The highest BCUT2D eigenvalue weighted by Crippen LogP contribution is 2.13. The van der Waals surface area contributed by atoms with Gasteiger partial charge in [-0.3, -0.25) is 9.59 Å². The van der Waals surface area contributed by atoms with E-state index in [0.717, 1.165) is 11.3 Å². The van der Waals surface area contributed by atoms with Gasteiger partial charge in [0.15, 0.2) is 0 Å². The van der Waals surface area contributed by atoms with Gasteiger partial charge in [-0.1, -0.05) is 30.3 Å². The van der Waals surface area contributed by atoms with Crippen molar-refractivity contribution in [2.75, 3.05) is 20.6 Å². The summed E-state index contributed by atoms with van der Waals surface area (Å²) in [7, 11) is 3.89. The Kier molecular flexibility index (Phi) is 5.12.